The highest BCUT2D eigenvalue weighted by molar-refractivity contribution is 8.00. The molecule has 126 valence electrons. The third kappa shape index (κ3) is 7.19. The van der Waals surface area contributed by atoms with Crippen LogP contribution in [-0.2, 0) is 9.59 Å². The first-order valence-electron chi connectivity index (χ1n) is 7.61. The van der Waals surface area contributed by atoms with Gasteiger partial charge in [0.2, 0.25) is 11.8 Å². The maximum Gasteiger partial charge on any atom is 0.234 e. The number of hydrogen-bond acceptors (Lipinski definition) is 4. The minimum absolute atomic E-state index is 0.107. The topological polar surface area (TPSA) is 67.4 Å². The highest BCUT2D eigenvalue weighted by Crippen LogP contribution is 2.08. The van der Waals surface area contributed by atoms with Crippen LogP contribution in [-0.4, -0.2) is 36.5 Å². The summed E-state index contributed by atoms with van der Waals surface area (Å²) in [4.78, 5) is 23.4. The first-order chi connectivity index (χ1) is 11.7. The number of hydrogen-bond donors (Lipinski definition) is 2. The summed E-state index contributed by atoms with van der Waals surface area (Å²) >= 11 is 1.28. The smallest absolute Gasteiger partial charge is 0.234 e. The summed E-state index contributed by atoms with van der Waals surface area (Å²) < 4.78 is 5.48. The molecule has 2 amide bonds. The Labute approximate surface area is 145 Å². The van der Waals surface area contributed by atoms with Crippen molar-refractivity contribution in [2.24, 2.45) is 0 Å². The monoisotopic (exact) mass is 344 g/mol. The van der Waals surface area contributed by atoms with E-state index in [1.54, 1.807) is 0 Å². The fraction of sp³-hybridized carbons (Fsp3) is 0.222. The molecule has 0 radical (unpaired) electrons. The predicted octanol–water partition coefficient (Wildman–Crippen LogP) is 2.55. The second-order valence-corrected chi connectivity index (χ2v) is 5.90. The highest BCUT2D eigenvalue weighted by atomic mass is 32.2. The van der Waals surface area contributed by atoms with Gasteiger partial charge in [0.05, 0.1) is 18.1 Å². The van der Waals surface area contributed by atoms with Crippen LogP contribution in [0.15, 0.2) is 60.7 Å². The molecule has 0 saturated heterocycles. The molecule has 0 aromatic heterocycles. The van der Waals surface area contributed by atoms with Crippen LogP contribution >= 0.6 is 11.8 Å². The molecule has 2 aromatic carbocycles. The van der Waals surface area contributed by atoms with Crippen molar-refractivity contribution in [1.82, 2.24) is 5.32 Å². The van der Waals surface area contributed by atoms with E-state index < -0.39 is 0 Å². The second kappa shape index (κ2) is 10.3. The minimum atomic E-state index is -0.119. The maximum absolute atomic E-state index is 11.7. The second-order valence-electron chi connectivity index (χ2n) is 4.92. The van der Waals surface area contributed by atoms with E-state index in [-0.39, 0.29) is 23.3 Å². The summed E-state index contributed by atoms with van der Waals surface area (Å²) in [5.41, 5.74) is 0.755. The van der Waals surface area contributed by atoms with Gasteiger partial charge < -0.3 is 15.4 Å². The number of rotatable bonds is 9. The Bertz CT molecular complexity index is 635. The van der Waals surface area contributed by atoms with E-state index in [1.165, 1.54) is 11.8 Å². The minimum Gasteiger partial charge on any atom is -0.492 e. The molecule has 24 heavy (non-hydrogen) atoms. The third-order valence-corrected chi connectivity index (χ3v) is 3.89. The van der Waals surface area contributed by atoms with Gasteiger partial charge in [-0.2, -0.15) is 0 Å². The summed E-state index contributed by atoms with van der Waals surface area (Å²) in [6.07, 6.45) is 0. The summed E-state index contributed by atoms with van der Waals surface area (Å²) in [7, 11) is 0. The van der Waals surface area contributed by atoms with E-state index in [2.05, 4.69) is 10.6 Å². The zero-order valence-corrected chi connectivity index (χ0v) is 14.1. The van der Waals surface area contributed by atoms with Crippen LogP contribution in [0.3, 0.4) is 0 Å². The van der Waals surface area contributed by atoms with Crippen molar-refractivity contribution < 1.29 is 14.3 Å². The maximum atomic E-state index is 11.7. The van der Waals surface area contributed by atoms with Crippen molar-refractivity contribution in [2.75, 3.05) is 30.0 Å². The van der Waals surface area contributed by atoms with Crippen LogP contribution in [0.4, 0.5) is 5.69 Å². The molecule has 0 aliphatic rings. The zero-order chi connectivity index (χ0) is 17.0. The van der Waals surface area contributed by atoms with Gasteiger partial charge in [0.1, 0.15) is 12.4 Å². The van der Waals surface area contributed by atoms with E-state index in [4.69, 9.17) is 4.74 Å². The largest absolute Gasteiger partial charge is 0.492 e. The molecule has 0 aliphatic heterocycles. The first-order valence-corrected chi connectivity index (χ1v) is 8.77. The standard InChI is InChI=1S/C18H20N2O3S/c21-17(19-11-12-23-16-9-5-2-6-10-16)13-24-14-18(22)20-15-7-3-1-4-8-15/h1-10H,11-14H2,(H,19,21)(H,20,22). The number of para-hydroxylation sites is 2. The quantitative estimate of drug-likeness (QED) is 0.686. The van der Waals surface area contributed by atoms with Crippen molar-refractivity contribution >= 4 is 29.3 Å². The lowest BCUT2D eigenvalue weighted by molar-refractivity contribution is -0.118. The SMILES string of the molecule is O=C(CSCC(=O)Nc1ccccc1)NCCOc1ccccc1. The molecule has 0 unspecified atom stereocenters. The summed E-state index contributed by atoms with van der Waals surface area (Å²) in [6, 6.07) is 18.7. The number of ether oxygens (including phenoxy) is 1. The number of nitrogens with one attached hydrogen (secondary N) is 2. The predicted molar refractivity (Wildman–Crippen MR) is 97.3 cm³/mol. The van der Waals surface area contributed by atoms with Crippen molar-refractivity contribution in [3.63, 3.8) is 0 Å². The molecule has 0 atom stereocenters. The Kier molecular flexibility index (Phi) is 7.70. The lowest BCUT2D eigenvalue weighted by Gasteiger charge is -2.08. The number of amides is 2. The van der Waals surface area contributed by atoms with Gasteiger partial charge in [0.25, 0.3) is 0 Å². The van der Waals surface area contributed by atoms with Gasteiger partial charge in [-0.15, -0.1) is 11.8 Å². The Morgan fingerprint density at radius 3 is 2.21 bits per heavy atom. The number of carbonyl (C=O) groups excluding carboxylic acids is 2. The summed E-state index contributed by atoms with van der Waals surface area (Å²) in [6.45, 7) is 0.847. The number of thioether (sulfide) groups is 1. The Hall–Kier alpha value is -2.47. The van der Waals surface area contributed by atoms with Gasteiger partial charge in [-0.1, -0.05) is 36.4 Å². The van der Waals surface area contributed by atoms with Crippen LogP contribution in [0, 0.1) is 0 Å². The van der Waals surface area contributed by atoms with Crippen LogP contribution in [0.25, 0.3) is 0 Å². The summed E-state index contributed by atoms with van der Waals surface area (Å²) in [5, 5.41) is 5.53. The molecule has 5 nitrogen and oxygen atoms in total. The molecule has 0 fully saturated rings. The normalized spacial score (nSPS) is 10.0. The average Bonchev–Trinajstić information content (AvgIpc) is 2.60. The van der Waals surface area contributed by atoms with E-state index >= 15 is 0 Å². The molecular weight excluding hydrogens is 324 g/mol. The van der Waals surface area contributed by atoms with E-state index in [1.807, 2.05) is 60.7 Å². The third-order valence-electron chi connectivity index (χ3n) is 2.96. The van der Waals surface area contributed by atoms with Gasteiger partial charge in [-0.3, -0.25) is 9.59 Å². The fourth-order valence-electron chi connectivity index (χ4n) is 1.88. The lowest BCUT2D eigenvalue weighted by Crippen LogP contribution is -2.30. The summed E-state index contributed by atoms with van der Waals surface area (Å²) in [5.74, 6) is 1.03. The van der Waals surface area contributed by atoms with Crippen LogP contribution in [0.5, 0.6) is 5.75 Å². The number of anilines is 1. The van der Waals surface area contributed by atoms with Crippen molar-refractivity contribution in [1.29, 1.82) is 0 Å². The van der Waals surface area contributed by atoms with Gasteiger partial charge in [0.15, 0.2) is 0 Å². The van der Waals surface area contributed by atoms with E-state index in [9.17, 15) is 9.59 Å². The van der Waals surface area contributed by atoms with Crippen molar-refractivity contribution in [3.05, 3.63) is 60.7 Å². The van der Waals surface area contributed by atoms with E-state index in [0.29, 0.717) is 13.2 Å². The molecule has 2 rings (SSSR count). The fourth-order valence-corrected chi connectivity index (χ4v) is 2.53. The molecule has 2 aromatic rings. The molecule has 0 saturated carbocycles. The molecule has 0 spiro atoms. The Morgan fingerprint density at radius 1 is 0.875 bits per heavy atom. The van der Waals surface area contributed by atoms with Gasteiger partial charge in [-0.05, 0) is 24.3 Å². The Balaban J connectivity index is 1.52. The van der Waals surface area contributed by atoms with Crippen molar-refractivity contribution in [2.45, 2.75) is 0 Å². The van der Waals surface area contributed by atoms with Gasteiger partial charge >= 0.3 is 0 Å². The van der Waals surface area contributed by atoms with Crippen molar-refractivity contribution in [3.8, 4) is 5.75 Å². The highest BCUT2D eigenvalue weighted by Gasteiger charge is 2.05. The molecule has 0 bridgehead atoms. The van der Waals surface area contributed by atoms with Crippen LogP contribution in [0.2, 0.25) is 0 Å². The first kappa shape index (κ1) is 17.9. The number of benzene rings is 2. The van der Waals surface area contributed by atoms with Crippen LogP contribution in [0.1, 0.15) is 0 Å². The number of carbonyl (C=O) groups is 2. The van der Waals surface area contributed by atoms with E-state index in [0.717, 1.165) is 11.4 Å². The zero-order valence-electron chi connectivity index (χ0n) is 13.2. The molecule has 0 heterocycles. The Morgan fingerprint density at radius 2 is 1.50 bits per heavy atom. The van der Waals surface area contributed by atoms with Crippen LogP contribution < -0.4 is 15.4 Å². The molecular formula is C18H20N2O3S. The molecule has 2 N–H and O–H groups in total. The lowest BCUT2D eigenvalue weighted by atomic mass is 10.3. The van der Waals surface area contributed by atoms with Gasteiger partial charge in [-0.25, -0.2) is 0 Å². The average molecular weight is 344 g/mol. The molecule has 0 aliphatic carbocycles. The van der Waals surface area contributed by atoms with Gasteiger partial charge in [0, 0.05) is 5.69 Å². The molecule has 6 heteroatoms.